The van der Waals surface area contributed by atoms with Crippen LogP contribution in [0.2, 0.25) is 0 Å². The smallest absolute Gasteiger partial charge is 0.418 e. The number of nitrogens with one attached hydrogen (secondary N) is 1. The molecule has 0 unspecified atom stereocenters. The van der Waals surface area contributed by atoms with Gasteiger partial charge in [0.05, 0.1) is 11.5 Å². The molecule has 0 saturated carbocycles. The zero-order chi connectivity index (χ0) is 30.2. The van der Waals surface area contributed by atoms with E-state index < -0.39 is 33.5 Å². The van der Waals surface area contributed by atoms with Gasteiger partial charge in [0, 0.05) is 23.9 Å². The van der Waals surface area contributed by atoms with Crippen molar-refractivity contribution in [1.82, 2.24) is 10.0 Å². The molecule has 0 aliphatic carbocycles. The molecule has 15 nitrogen and oxygen atoms in total. The Morgan fingerprint density at radius 1 is 1.29 bits per heavy atom. The van der Waals surface area contributed by atoms with Crippen molar-refractivity contribution in [3.05, 3.63) is 40.9 Å². The van der Waals surface area contributed by atoms with Crippen molar-refractivity contribution in [1.29, 1.82) is 5.41 Å². The topological polar surface area (TPSA) is 233 Å². The van der Waals surface area contributed by atoms with Gasteiger partial charge in [0.15, 0.2) is 23.2 Å². The van der Waals surface area contributed by atoms with E-state index in [1.165, 1.54) is 25.4 Å². The first kappa shape index (κ1) is 31.6. The molecule has 1 saturated heterocycles. The van der Waals surface area contributed by atoms with Crippen LogP contribution in [-0.2, 0) is 29.1 Å². The maximum Gasteiger partial charge on any atom is 0.418 e. The third-order valence-corrected chi connectivity index (χ3v) is 7.01. The van der Waals surface area contributed by atoms with E-state index >= 15 is 0 Å². The quantitative estimate of drug-likeness (QED) is 0.0532. The molecule has 1 atom stereocenters. The summed E-state index contributed by atoms with van der Waals surface area (Å²) in [5, 5.41) is 13.1. The Kier molecular flexibility index (Phi) is 10.5. The van der Waals surface area contributed by atoms with Crippen LogP contribution in [-0.4, -0.2) is 77.8 Å². The Labute approximate surface area is 240 Å². The average Bonchev–Trinajstić information content (AvgIpc) is 3.35. The van der Waals surface area contributed by atoms with Gasteiger partial charge >= 0.3 is 10.4 Å². The molecule has 222 valence electrons. The SMILES string of the molecule is CC1(C)[C@H](CC(=O)/C(=N\OCCOc2ccc(C(N)=NCCCC=N)cc2)c2csc(N)n2)C(=O)N1OS(=O)(=O)O. The first-order chi connectivity index (χ1) is 19.3. The number of benzene rings is 1. The molecule has 1 fully saturated rings. The van der Waals surface area contributed by atoms with Gasteiger partial charge in [-0.05, 0) is 57.2 Å². The summed E-state index contributed by atoms with van der Waals surface area (Å²) in [5.74, 6) is -1.41. The minimum absolute atomic E-state index is 0.0292. The largest absolute Gasteiger partial charge is 0.490 e. The second kappa shape index (κ2) is 13.6. The van der Waals surface area contributed by atoms with Crippen molar-refractivity contribution in [3.63, 3.8) is 0 Å². The second-order valence-corrected chi connectivity index (χ2v) is 11.2. The van der Waals surface area contributed by atoms with E-state index in [4.69, 9.17) is 31.0 Å². The number of carbonyl (C=O) groups excluding carboxylic acids is 2. The lowest BCUT2D eigenvalue weighted by Gasteiger charge is -2.50. The van der Waals surface area contributed by atoms with Crippen molar-refractivity contribution in [2.75, 3.05) is 25.5 Å². The highest BCUT2D eigenvalue weighted by atomic mass is 32.3. The summed E-state index contributed by atoms with van der Waals surface area (Å²) >= 11 is 1.08. The highest BCUT2D eigenvalue weighted by Gasteiger charge is 2.57. The highest BCUT2D eigenvalue weighted by molar-refractivity contribution is 7.80. The number of oxime groups is 1. The molecular formula is C24H31N7O8S2. The van der Waals surface area contributed by atoms with Crippen LogP contribution in [0.1, 0.15) is 44.4 Å². The van der Waals surface area contributed by atoms with E-state index in [9.17, 15) is 18.0 Å². The molecule has 6 N–H and O–H groups in total. The van der Waals surface area contributed by atoms with Gasteiger partial charge in [-0.3, -0.25) is 19.1 Å². The van der Waals surface area contributed by atoms with E-state index in [0.29, 0.717) is 29.6 Å². The summed E-state index contributed by atoms with van der Waals surface area (Å²) in [6.45, 7) is 3.56. The van der Waals surface area contributed by atoms with Gasteiger partial charge in [0.1, 0.15) is 23.9 Å². The number of β-lactam (4-membered cyclic amide) rings is 1. The Morgan fingerprint density at radius 2 is 2.00 bits per heavy atom. The third kappa shape index (κ3) is 8.53. The van der Waals surface area contributed by atoms with E-state index in [0.717, 1.165) is 23.3 Å². The average molecular weight is 610 g/mol. The maximum atomic E-state index is 13.1. The van der Waals surface area contributed by atoms with Crippen molar-refractivity contribution in [2.24, 2.45) is 21.8 Å². The van der Waals surface area contributed by atoms with E-state index in [2.05, 4.69) is 19.4 Å². The lowest BCUT2D eigenvalue weighted by atomic mass is 9.74. The van der Waals surface area contributed by atoms with Crippen LogP contribution < -0.4 is 16.2 Å². The number of carbonyl (C=O) groups is 2. The lowest BCUT2D eigenvalue weighted by molar-refractivity contribution is -0.228. The van der Waals surface area contributed by atoms with Gasteiger partial charge < -0.3 is 26.5 Å². The van der Waals surface area contributed by atoms with E-state index in [1.54, 1.807) is 24.3 Å². The number of ether oxygens (including phenoxy) is 1. The molecule has 1 aliphatic rings. The minimum Gasteiger partial charge on any atom is -0.490 e. The molecular weight excluding hydrogens is 578 g/mol. The molecule has 2 heterocycles. The van der Waals surface area contributed by atoms with Gasteiger partial charge in [0.25, 0.3) is 5.91 Å². The third-order valence-electron chi connectivity index (χ3n) is 6.00. The number of Topliss-reactive ketones (excluding diaryl/α,β-unsaturated/α-hetero) is 1. The zero-order valence-corrected chi connectivity index (χ0v) is 24.0. The monoisotopic (exact) mass is 609 g/mol. The molecule has 2 aromatic rings. The number of rotatable bonds is 16. The molecule has 1 aromatic carbocycles. The number of nitrogen functional groups attached to an aromatic ring is 1. The predicted molar refractivity (Wildman–Crippen MR) is 151 cm³/mol. The Bertz CT molecular complexity index is 1420. The summed E-state index contributed by atoms with van der Waals surface area (Å²) in [7, 11) is -4.92. The van der Waals surface area contributed by atoms with Gasteiger partial charge in [-0.25, -0.2) is 4.98 Å². The number of unbranched alkanes of at least 4 members (excludes halogenated alkanes) is 1. The molecule has 1 aromatic heterocycles. The van der Waals surface area contributed by atoms with Crippen LogP contribution in [0.15, 0.2) is 39.8 Å². The van der Waals surface area contributed by atoms with Crippen LogP contribution >= 0.6 is 11.3 Å². The fourth-order valence-electron chi connectivity index (χ4n) is 3.80. The zero-order valence-electron chi connectivity index (χ0n) is 22.3. The number of hydrogen-bond acceptors (Lipinski definition) is 13. The number of nitrogens with zero attached hydrogens (tertiary/aromatic N) is 4. The summed E-state index contributed by atoms with van der Waals surface area (Å²) < 4.78 is 40.9. The number of hydrogen-bond donors (Lipinski definition) is 4. The van der Waals surface area contributed by atoms with Gasteiger partial charge in [0.2, 0.25) is 0 Å². The first-order valence-corrected chi connectivity index (χ1v) is 14.6. The fraction of sp³-hybridized carbons (Fsp3) is 0.417. The highest BCUT2D eigenvalue weighted by Crippen LogP contribution is 2.40. The van der Waals surface area contributed by atoms with E-state index in [-0.39, 0.29) is 36.2 Å². The predicted octanol–water partition coefficient (Wildman–Crippen LogP) is 1.59. The minimum atomic E-state index is -4.92. The Balaban J connectivity index is 1.57. The molecule has 41 heavy (non-hydrogen) atoms. The number of amides is 1. The van der Waals surface area contributed by atoms with Crippen LogP contribution in [0.5, 0.6) is 5.75 Å². The van der Waals surface area contributed by atoms with Gasteiger partial charge in [-0.1, -0.05) is 5.16 Å². The molecule has 17 heteroatoms. The number of aromatic nitrogens is 1. The number of ketones is 1. The number of nitrogens with two attached hydrogens (primary N) is 2. The number of thiazole rings is 1. The number of anilines is 1. The molecule has 0 spiro atoms. The number of hydroxylamine groups is 2. The van der Waals surface area contributed by atoms with Crippen LogP contribution in [0.4, 0.5) is 5.13 Å². The van der Waals surface area contributed by atoms with E-state index in [1.807, 2.05) is 0 Å². The molecule has 3 rings (SSSR count). The Hall–Kier alpha value is -3.93. The van der Waals surface area contributed by atoms with Crippen LogP contribution in [0.25, 0.3) is 0 Å². The standard InChI is InChI=1S/C24H31N7O8S2/c1-24(2)17(22(33)31(24)39-41(34,35)36)13-19(32)20(18-14-40-23(27)29-18)30-38-12-11-37-16-7-5-15(6-8-16)21(26)28-10-4-3-9-25/h5-9,14,17,25H,3-4,10-13H2,1-2H3,(H2,26,28)(H2,27,29)(H,34,35,36)/b25-9?,30-20-/t17-/m1/s1. The maximum absolute atomic E-state index is 13.1. The summed E-state index contributed by atoms with van der Waals surface area (Å²) in [4.78, 5) is 39.2. The van der Waals surface area contributed by atoms with Crippen molar-refractivity contribution < 1.29 is 36.4 Å². The molecule has 0 radical (unpaired) electrons. The first-order valence-electron chi connectivity index (χ1n) is 12.3. The number of amidine groups is 1. The summed E-state index contributed by atoms with van der Waals surface area (Å²) in [6.07, 6.45) is 2.38. The second-order valence-electron chi connectivity index (χ2n) is 9.30. The summed E-state index contributed by atoms with van der Waals surface area (Å²) in [6, 6.07) is 6.97. The van der Waals surface area contributed by atoms with Gasteiger partial charge in [-0.2, -0.15) is 13.5 Å². The van der Waals surface area contributed by atoms with Crippen LogP contribution in [0, 0.1) is 11.3 Å². The molecule has 0 bridgehead atoms. The summed E-state index contributed by atoms with van der Waals surface area (Å²) in [5.41, 5.74) is 11.2. The molecule has 1 amide bonds. The fourth-order valence-corrected chi connectivity index (χ4v) is 4.80. The van der Waals surface area contributed by atoms with Gasteiger partial charge in [-0.15, -0.1) is 15.6 Å². The molecule has 1 aliphatic heterocycles. The number of aliphatic imine (C=N–C) groups is 1. The normalized spacial score (nSPS) is 17.2. The van der Waals surface area contributed by atoms with Crippen LogP contribution in [0.3, 0.4) is 0 Å². The lowest BCUT2D eigenvalue weighted by Crippen LogP contribution is -2.68. The van der Waals surface area contributed by atoms with Crippen molar-refractivity contribution in [3.8, 4) is 5.75 Å². The van der Waals surface area contributed by atoms with Crippen molar-refractivity contribution >= 4 is 56.3 Å². The van der Waals surface area contributed by atoms with Crippen molar-refractivity contribution in [2.45, 2.75) is 38.6 Å². The Morgan fingerprint density at radius 3 is 2.59 bits per heavy atom.